The highest BCUT2D eigenvalue weighted by atomic mass is 32.1. The van der Waals surface area contributed by atoms with Gasteiger partial charge in [-0.05, 0) is 43.9 Å². The summed E-state index contributed by atoms with van der Waals surface area (Å²) in [7, 11) is 0. The van der Waals surface area contributed by atoms with Crippen LogP contribution >= 0.6 is 11.5 Å². The molecule has 0 aliphatic heterocycles. The van der Waals surface area contributed by atoms with Crippen molar-refractivity contribution in [2.24, 2.45) is 0 Å². The Bertz CT molecular complexity index is 490. The van der Waals surface area contributed by atoms with Crippen LogP contribution in [0.5, 0.6) is 0 Å². The van der Waals surface area contributed by atoms with Crippen LogP contribution in [0.25, 0.3) is 0 Å². The van der Waals surface area contributed by atoms with E-state index in [0.717, 1.165) is 25.2 Å². The Morgan fingerprint density at radius 2 is 2.28 bits per heavy atom. The van der Waals surface area contributed by atoms with Crippen molar-refractivity contribution in [2.45, 2.75) is 39.8 Å². The molecule has 2 aromatic rings. The molecule has 98 valence electrons. The van der Waals surface area contributed by atoms with Crippen molar-refractivity contribution in [1.82, 2.24) is 24.7 Å². The van der Waals surface area contributed by atoms with Crippen LogP contribution in [0.2, 0.25) is 0 Å². The lowest BCUT2D eigenvalue weighted by Crippen LogP contribution is -2.22. The first kappa shape index (κ1) is 13.2. The van der Waals surface area contributed by atoms with E-state index in [1.165, 1.54) is 22.0 Å². The van der Waals surface area contributed by atoms with Crippen molar-refractivity contribution in [3.8, 4) is 0 Å². The van der Waals surface area contributed by atoms with E-state index in [1.807, 2.05) is 17.8 Å². The van der Waals surface area contributed by atoms with Crippen LogP contribution in [0.4, 0.5) is 0 Å². The average molecular weight is 265 g/mol. The standard InChI is InChI=1S/C12H19N5S/c1-4-13-11(12-9(3)15-16-18-12)6-10-7-14-17(5-2)8-10/h7-8,11,13H,4-6H2,1-3H3. The van der Waals surface area contributed by atoms with Gasteiger partial charge < -0.3 is 5.32 Å². The summed E-state index contributed by atoms with van der Waals surface area (Å²) in [5, 5.41) is 11.9. The lowest BCUT2D eigenvalue weighted by molar-refractivity contribution is 0.554. The number of nitrogens with zero attached hydrogens (tertiary/aromatic N) is 4. The first-order chi connectivity index (χ1) is 8.74. The molecule has 1 atom stereocenters. The summed E-state index contributed by atoms with van der Waals surface area (Å²) < 4.78 is 5.97. The quantitative estimate of drug-likeness (QED) is 0.867. The van der Waals surface area contributed by atoms with E-state index in [4.69, 9.17) is 0 Å². The summed E-state index contributed by atoms with van der Waals surface area (Å²) in [5.74, 6) is 0. The number of nitrogens with one attached hydrogen (secondary N) is 1. The molecule has 1 N–H and O–H groups in total. The summed E-state index contributed by atoms with van der Waals surface area (Å²) >= 11 is 1.48. The van der Waals surface area contributed by atoms with Gasteiger partial charge in [-0.25, -0.2) is 0 Å². The van der Waals surface area contributed by atoms with Gasteiger partial charge in [0.15, 0.2) is 0 Å². The maximum atomic E-state index is 4.31. The van der Waals surface area contributed by atoms with Gasteiger partial charge in [0.05, 0.1) is 16.8 Å². The molecule has 0 amide bonds. The Balaban J connectivity index is 2.13. The molecule has 2 heterocycles. The van der Waals surface area contributed by atoms with Crippen LogP contribution in [0.1, 0.15) is 36.0 Å². The first-order valence-corrected chi connectivity index (χ1v) is 7.05. The summed E-state index contributed by atoms with van der Waals surface area (Å²) in [6, 6.07) is 0.282. The Labute approximate surface area is 111 Å². The smallest absolute Gasteiger partial charge is 0.0772 e. The van der Waals surface area contributed by atoms with Crippen molar-refractivity contribution in [3.05, 3.63) is 28.5 Å². The SMILES string of the molecule is CCNC(Cc1cnn(CC)c1)c1snnc1C. The zero-order valence-corrected chi connectivity index (χ0v) is 11.9. The second kappa shape index (κ2) is 6.06. The maximum Gasteiger partial charge on any atom is 0.0772 e. The monoisotopic (exact) mass is 265 g/mol. The fourth-order valence-corrected chi connectivity index (χ4v) is 2.70. The predicted octanol–water partition coefficient (Wildman–Crippen LogP) is 1.96. The Morgan fingerprint density at radius 1 is 1.44 bits per heavy atom. The highest BCUT2D eigenvalue weighted by Gasteiger charge is 2.17. The van der Waals surface area contributed by atoms with E-state index in [9.17, 15) is 0 Å². The fourth-order valence-electron chi connectivity index (χ4n) is 1.98. The zero-order chi connectivity index (χ0) is 13.0. The molecular formula is C12H19N5S. The van der Waals surface area contributed by atoms with Crippen LogP contribution in [-0.2, 0) is 13.0 Å². The lowest BCUT2D eigenvalue weighted by Gasteiger charge is -2.15. The summed E-state index contributed by atoms with van der Waals surface area (Å²) in [5.41, 5.74) is 2.27. The largest absolute Gasteiger partial charge is 0.309 e. The molecule has 0 saturated heterocycles. The van der Waals surface area contributed by atoms with Gasteiger partial charge in [-0.2, -0.15) is 5.10 Å². The van der Waals surface area contributed by atoms with Gasteiger partial charge in [0.1, 0.15) is 0 Å². The number of aryl methyl sites for hydroxylation is 2. The number of aromatic nitrogens is 4. The van der Waals surface area contributed by atoms with Crippen LogP contribution in [0, 0.1) is 6.92 Å². The molecule has 0 fully saturated rings. The third kappa shape index (κ3) is 2.94. The Morgan fingerprint density at radius 3 is 2.83 bits per heavy atom. The van der Waals surface area contributed by atoms with Crippen molar-refractivity contribution < 1.29 is 0 Å². The molecule has 0 aromatic carbocycles. The number of likely N-dealkylation sites (N-methyl/N-ethyl adjacent to an activating group) is 1. The molecule has 18 heavy (non-hydrogen) atoms. The molecule has 1 unspecified atom stereocenters. The van der Waals surface area contributed by atoms with E-state index < -0.39 is 0 Å². The Hall–Kier alpha value is -1.27. The average Bonchev–Trinajstić information content (AvgIpc) is 2.97. The minimum atomic E-state index is 0.282. The lowest BCUT2D eigenvalue weighted by atomic mass is 10.1. The second-order valence-electron chi connectivity index (χ2n) is 4.24. The van der Waals surface area contributed by atoms with E-state index in [0.29, 0.717) is 0 Å². The fraction of sp³-hybridized carbons (Fsp3) is 0.583. The van der Waals surface area contributed by atoms with E-state index >= 15 is 0 Å². The van der Waals surface area contributed by atoms with Gasteiger partial charge >= 0.3 is 0 Å². The summed E-state index contributed by atoms with van der Waals surface area (Å²) in [4.78, 5) is 1.22. The van der Waals surface area contributed by atoms with Crippen molar-refractivity contribution in [2.75, 3.05) is 6.54 Å². The molecule has 0 bridgehead atoms. The minimum absolute atomic E-state index is 0.282. The molecule has 2 aromatic heterocycles. The van der Waals surface area contributed by atoms with E-state index in [-0.39, 0.29) is 6.04 Å². The first-order valence-electron chi connectivity index (χ1n) is 6.28. The highest BCUT2D eigenvalue weighted by Crippen LogP contribution is 2.23. The van der Waals surface area contributed by atoms with Gasteiger partial charge in [-0.1, -0.05) is 11.4 Å². The van der Waals surface area contributed by atoms with Crippen molar-refractivity contribution in [3.63, 3.8) is 0 Å². The van der Waals surface area contributed by atoms with Gasteiger partial charge in [0.2, 0.25) is 0 Å². The van der Waals surface area contributed by atoms with Gasteiger partial charge in [-0.3, -0.25) is 4.68 Å². The summed E-state index contributed by atoms with van der Waals surface area (Å²) in [6.07, 6.45) is 4.98. The highest BCUT2D eigenvalue weighted by molar-refractivity contribution is 7.05. The molecule has 0 radical (unpaired) electrons. The van der Waals surface area contributed by atoms with Crippen LogP contribution in [0.3, 0.4) is 0 Å². The molecular weight excluding hydrogens is 246 g/mol. The molecule has 6 heteroatoms. The predicted molar refractivity (Wildman–Crippen MR) is 72.7 cm³/mol. The molecule has 0 aliphatic rings. The topological polar surface area (TPSA) is 55.6 Å². The second-order valence-corrected chi connectivity index (χ2v) is 5.03. The molecule has 0 aliphatic carbocycles. The van der Waals surface area contributed by atoms with Crippen LogP contribution in [-0.4, -0.2) is 25.9 Å². The van der Waals surface area contributed by atoms with Crippen molar-refractivity contribution >= 4 is 11.5 Å². The third-order valence-electron chi connectivity index (χ3n) is 2.90. The minimum Gasteiger partial charge on any atom is -0.309 e. The van der Waals surface area contributed by atoms with Gasteiger partial charge in [0, 0.05) is 18.8 Å². The Kier molecular flexibility index (Phi) is 4.43. The van der Waals surface area contributed by atoms with Crippen LogP contribution < -0.4 is 5.32 Å². The van der Waals surface area contributed by atoms with Crippen LogP contribution in [0.15, 0.2) is 12.4 Å². The maximum absolute atomic E-state index is 4.31. The summed E-state index contributed by atoms with van der Waals surface area (Å²) in [6.45, 7) is 8.07. The van der Waals surface area contributed by atoms with Gasteiger partial charge in [-0.15, -0.1) is 5.10 Å². The normalized spacial score (nSPS) is 12.8. The number of hydrogen-bond acceptors (Lipinski definition) is 5. The molecule has 2 rings (SSSR count). The molecule has 0 saturated carbocycles. The van der Waals surface area contributed by atoms with Crippen molar-refractivity contribution in [1.29, 1.82) is 0 Å². The zero-order valence-electron chi connectivity index (χ0n) is 11.1. The van der Waals surface area contributed by atoms with E-state index in [1.54, 1.807) is 0 Å². The molecule has 5 nitrogen and oxygen atoms in total. The van der Waals surface area contributed by atoms with E-state index in [2.05, 4.69) is 40.0 Å². The number of rotatable bonds is 6. The third-order valence-corrected chi connectivity index (χ3v) is 3.84. The number of hydrogen-bond donors (Lipinski definition) is 1. The van der Waals surface area contributed by atoms with Gasteiger partial charge in [0.25, 0.3) is 0 Å². The molecule has 0 spiro atoms.